The van der Waals surface area contributed by atoms with Crippen LogP contribution in [-0.2, 0) is 17.9 Å². The molecule has 1 N–H and O–H groups in total. The zero-order valence-electron chi connectivity index (χ0n) is 22.1. The summed E-state index contributed by atoms with van der Waals surface area (Å²) in [5.74, 6) is -0.0110. The standard InChI is InChI=1S/C32H24N6O3/c1-20-35-36-31-25-17-24(22-7-3-2-4-8-22)30(34-26(25)15-16-37(20)31)23-13-11-21(12-14-23)18-33-29(39)19-38-27-9-5-6-10-28(27)41-32(38)40/h2-17H,18-19H2,1H3,(H,33,39). The van der Waals surface area contributed by atoms with Gasteiger partial charge in [-0.25, -0.2) is 9.78 Å². The number of aromatic nitrogens is 5. The first-order chi connectivity index (χ1) is 20.0. The Hall–Kier alpha value is -5.57. The molecule has 4 heterocycles. The lowest BCUT2D eigenvalue weighted by atomic mass is 9.97. The van der Waals surface area contributed by atoms with Crippen molar-refractivity contribution in [3.8, 4) is 22.4 Å². The van der Waals surface area contributed by atoms with E-state index in [1.165, 1.54) is 4.57 Å². The molecule has 0 spiro atoms. The molecule has 0 aliphatic rings. The van der Waals surface area contributed by atoms with Crippen LogP contribution in [0, 0.1) is 6.92 Å². The highest BCUT2D eigenvalue weighted by atomic mass is 16.4. The summed E-state index contributed by atoms with van der Waals surface area (Å²) < 4.78 is 8.52. The van der Waals surface area contributed by atoms with Crippen LogP contribution in [0.5, 0.6) is 0 Å². The molecule has 0 radical (unpaired) electrons. The normalized spacial score (nSPS) is 11.4. The second-order valence-corrected chi connectivity index (χ2v) is 9.84. The van der Waals surface area contributed by atoms with Crippen molar-refractivity contribution in [1.82, 2.24) is 29.5 Å². The SMILES string of the molecule is Cc1nnc2c3cc(-c4ccccc4)c(-c4ccc(CNC(=O)Cn5c(=O)oc6ccccc65)cc4)nc3ccn12. The Kier molecular flexibility index (Phi) is 5.89. The first-order valence-corrected chi connectivity index (χ1v) is 13.2. The van der Waals surface area contributed by atoms with Gasteiger partial charge in [0.2, 0.25) is 5.91 Å². The minimum absolute atomic E-state index is 0.117. The largest absolute Gasteiger partial charge is 0.420 e. The molecular formula is C32H24N6O3. The molecule has 7 aromatic rings. The smallest absolute Gasteiger partial charge is 0.408 e. The van der Waals surface area contributed by atoms with Crippen LogP contribution < -0.4 is 11.1 Å². The number of amides is 1. The van der Waals surface area contributed by atoms with E-state index < -0.39 is 5.76 Å². The number of nitrogens with one attached hydrogen (secondary N) is 1. The molecule has 0 saturated heterocycles. The number of carbonyl (C=O) groups is 1. The molecule has 9 heteroatoms. The molecule has 0 atom stereocenters. The Bertz CT molecular complexity index is 2130. The molecular weight excluding hydrogens is 516 g/mol. The summed E-state index contributed by atoms with van der Waals surface area (Å²) in [4.78, 5) is 29.9. The summed E-state index contributed by atoms with van der Waals surface area (Å²) in [7, 11) is 0. The van der Waals surface area contributed by atoms with Gasteiger partial charge in [0.25, 0.3) is 0 Å². The van der Waals surface area contributed by atoms with E-state index in [0.29, 0.717) is 17.6 Å². The first-order valence-electron chi connectivity index (χ1n) is 13.2. The second kappa shape index (κ2) is 9.87. The van der Waals surface area contributed by atoms with Gasteiger partial charge in [-0.2, -0.15) is 0 Å². The zero-order chi connectivity index (χ0) is 27.9. The summed E-state index contributed by atoms with van der Waals surface area (Å²) in [5, 5.41) is 12.5. The Labute approximate surface area is 233 Å². The fourth-order valence-electron chi connectivity index (χ4n) is 5.11. The molecule has 0 fully saturated rings. The Morgan fingerprint density at radius 2 is 1.68 bits per heavy atom. The third kappa shape index (κ3) is 4.43. The number of para-hydroxylation sites is 2. The van der Waals surface area contributed by atoms with E-state index in [1.807, 2.05) is 66.1 Å². The average Bonchev–Trinajstić information content (AvgIpc) is 3.55. The van der Waals surface area contributed by atoms with E-state index in [0.717, 1.165) is 50.3 Å². The quantitative estimate of drug-likeness (QED) is 0.313. The van der Waals surface area contributed by atoms with Crippen molar-refractivity contribution in [2.75, 3.05) is 0 Å². The summed E-state index contributed by atoms with van der Waals surface area (Å²) in [6.07, 6.45) is 1.94. The minimum Gasteiger partial charge on any atom is -0.408 e. The zero-order valence-corrected chi connectivity index (χ0v) is 22.1. The Balaban J connectivity index is 1.17. The van der Waals surface area contributed by atoms with Gasteiger partial charge in [-0.15, -0.1) is 10.2 Å². The number of oxazole rings is 1. The minimum atomic E-state index is -0.553. The number of pyridine rings is 2. The monoisotopic (exact) mass is 540 g/mol. The first kappa shape index (κ1) is 24.5. The lowest BCUT2D eigenvalue weighted by Gasteiger charge is -2.13. The van der Waals surface area contributed by atoms with Crippen LogP contribution in [-0.4, -0.2) is 30.1 Å². The maximum Gasteiger partial charge on any atom is 0.420 e. The number of fused-ring (bicyclic) bond motifs is 4. The lowest BCUT2D eigenvalue weighted by Crippen LogP contribution is -2.30. The van der Waals surface area contributed by atoms with Gasteiger partial charge in [0, 0.05) is 29.3 Å². The van der Waals surface area contributed by atoms with Gasteiger partial charge in [0.1, 0.15) is 12.4 Å². The van der Waals surface area contributed by atoms with Crippen LogP contribution in [0.4, 0.5) is 0 Å². The fourth-order valence-corrected chi connectivity index (χ4v) is 5.11. The van der Waals surface area contributed by atoms with Crippen LogP contribution in [0.1, 0.15) is 11.4 Å². The molecule has 1 amide bonds. The lowest BCUT2D eigenvalue weighted by molar-refractivity contribution is -0.121. The Morgan fingerprint density at radius 1 is 0.902 bits per heavy atom. The van der Waals surface area contributed by atoms with Crippen molar-refractivity contribution in [2.24, 2.45) is 0 Å². The van der Waals surface area contributed by atoms with Crippen molar-refractivity contribution in [1.29, 1.82) is 0 Å². The fraction of sp³-hybridized carbons (Fsp3) is 0.0938. The predicted octanol–water partition coefficient (Wildman–Crippen LogP) is 5.14. The van der Waals surface area contributed by atoms with Crippen LogP contribution in [0.3, 0.4) is 0 Å². The molecule has 9 nitrogen and oxygen atoms in total. The van der Waals surface area contributed by atoms with Crippen LogP contribution >= 0.6 is 0 Å². The van der Waals surface area contributed by atoms with E-state index in [9.17, 15) is 9.59 Å². The molecule has 0 aliphatic carbocycles. The highest BCUT2D eigenvalue weighted by Gasteiger charge is 2.16. The number of rotatable bonds is 6. The van der Waals surface area contributed by atoms with Gasteiger partial charge < -0.3 is 9.73 Å². The molecule has 3 aromatic carbocycles. The van der Waals surface area contributed by atoms with Crippen molar-refractivity contribution in [2.45, 2.75) is 20.0 Å². The maximum atomic E-state index is 12.7. The molecule has 0 unspecified atom stereocenters. The van der Waals surface area contributed by atoms with Gasteiger partial charge in [-0.3, -0.25) is 13.8 Å². The number of aryl methyl sites for hydroxylation is 1. The van der Waals surface area contributed by atoms with E-state index in [1.54, 1.807) is 24.3 Å². The van der Waals surface area contributed by atoms with E-state index in [2.05, 4.69) is 33.7 Å². The van der Waals surface area contributed by atoms with Gasteiger partial charge in [0.15, 0.2) is 11.2 Å². The molecule has 7 rings (SSSR count). The van der Waals surface area contributed by atoms with Gasteiger partial charge >= 0.3 is 5.76 Å². The van der Waals surface area contributed by atoms with Crippen LogP contribution in [0.25, 0.3) is 50.0 Å². The van der Waals surface area contributed by atoms with Gasteiger partial charge in [0.05, 0.1) is 16.7 Å². The molecule has 4 aromatic heterocycles. The van der Waals surface area contributed by atoms with Crippen molar-refractivity contribution in [3.63, 3.8) is 0 Å². The highest BCUT2D eigenvalue weighted by Crippen LogP contribution is 2.34. The van der Waals surface area contributed by atoms with Crippen molar-refractivity contribution < 1.29 is 9.21 Å². The number of benzene rings is 3. The van der Waals surface area contributed by atoms with Gasteiger partial charge in [-0.05, 0) is 42.3 Å². The predicted molar refractivity (Wildman–Crippen MR) is 156 cm³/mol. The number of hydrogen-bond acceptors (Lipinski definition) is 6. The summed E-state index contributed by atoms with van der Waals surface area (Å²) in [6.45, 7) is 2.13. The summed E-state index contributed by atoms with van der Waals surface area (Å²) in [5.41, 5.74) is 7.42. The molecule has 41 heavy (non-hydrogen) atoms. The number of hydrogen-bond donors (Lipinski definition) is 1. The van der Waals surface area contributed by atoms with Gasteiger partial charge in [-0.1, -0.05) is 66.7 Å². The topological polar surface area (TPSA) is 107 Å². The average molecular weight is 541 g/mol. The van der Waals surface area contributed by atoms with E-state index in [4.69, 9.17) is 9.40 Å². The summed E-state index contributed by atoms with van der Waals surface area (Å²) in [6, 6.07) is 29.3. The Morgan fingerprint density at radius 3 is 2.51 bits per heavy atom. The summed E-state index contributed by atoms with van der Waals surface area (Å²) >= 11 is 0. The second-order valence-electron chi connectivity index (χ2n) is 9.84. The third-order valence-corrected chi connectivity index (χ3v) is 7.22. The molecule has 0 aliphatic heterocycles. The van der Waals surface area contributed by atoms with Crippen LogP contribution in [0.15, 0.2) is 106 Å². The molecule has 200 valence electrons. The molecule has 0 bridgehead atoms. The number of nitrogens with zero attached hydrogens (tertiary/aromatic N) is 5. The molecule has 0 saturated carbocycles. The highest BCUT2D eigenvalue weighted by molar-refractivity contribution is 5.98. The van der Waals surface area contributed by atoms with Crippen molar-refractivity contribution in [3.05, 3.63) is 119 Å². The van der Waals surface area contributed by atoms with Crippen molar-refractivity contribution >= 4 is 33.6 Å². The third-order valence-electron chi connectivity index (χ3n) is 7.22. The van der Waals surface area contributed by atoms with E-state index >= 15 is 0 Å². The number of carbonyl (C=O) groups excluding carboxylic acids is 1. The van der Waals surface area contributed by atoms with Crippen LogP contribution in [0.2, 0.25) is 0 Å². The maximum absolute atomic E-state index is 12.7. The van der Waals surface area contributed by atoms with E-state index in [-0.39, 0.29) is 12.5 Å².